The molecule has 0 fully saturated rings. The molecule has 0 atom stereocenters. The van der Waals surface area contributed by atoms with E-state index in [-0.39, 0.29) is 0 Å². The number of aryl methyl sites for hydroxylation is 1. The molecule has 2 rings (SSSR count). The van der Waals surface area contributed by atoms with Crippen LogP contribution in [0.4, 0.5) is 0 Å². The van der Waals surface area contributed by atoms with Gasteiger partial charge in [-0.3, -0.25) is 0 Å². The molecule has 0 spiro atoms. The molecule has 0 radical (unpaired) electrons. The van der Waals surface area contributed by atoms with E-state index in [2.05, 4.69) is 5.10 Å². The quantitative estimate of drug-likeness (QED) is 0.836. The fourth-order valence-electron chi connectivity index (χ4n) is 1.37. The second kappa shape index (κ2) is 3.84. The van der Waals surface area contributed by atoms with Gasteiger partial charge in [0.2, 0.25) is 0 Å². The van der Waals surface area contributed by atoms with E-state index in [1.807, 2.05) is 0 Å². The Morgan fingerprint density at radius 1 is 1.12 bits per heavy atom. The van der Waals surface area contributed by atoms with Crippen LogP contribution in [0.5, 0.6) is 0 Å². The summed E-state index contributed by atoms with van der Waals surface area (Å²) in [6.07, 6.45) is 0. The van der Waals surface area contributed by atoms with E-state index in [1.165, 1.54) is 25.2 Å². The third-order valence-electron chi connectivity index (χ3n) is 2.05. The fourth-order valence-corrected chi connectivity index (χ4v) is 1.89. The Kier molecular flexibility index (Phi) is 2.65. The maximum atomic E-state index is 11.6. The van der Waals surface area contributed by atoms with Gasteiger partial charge in [-0.05, 0) is 18.2 Å². The molecule has 0 aliphatic rings. The minimum atomic E-state index is -0.536. The molecule has 0 amide bonds. The zero-order valence-electron chi connectivity index (χ0n) is 8.20. The molecule has 0 aliphatic carbocycles. The minimum Gasteiger partial charge on any atom is -0.246 e. The summed E-state index contributed by atoms with van der Waals surface area (Å²) < 4.78 is 2.04. The SMILES string of the molecule is Cn1[nH]c(=O)n(-c2cc(Cl)cc(Cl)c2)c1=O. The maximum absolute atomic E-state index is 11.6. The Balaban J connectivity index is 2.77. The third-order valence-corrected chi connectivity index (χ3v) is 2.49. The first-order valence-electron chi connectivity index (χ1n) is 4.33. The molecular weight excluding hydrogens is 253 g/mol. The first-order chi connectivity index (χ1) is 7.49. The van der Waals surface area contributed by atoms with E-state index in [1.54, 1.807) is 0 Å². The molecule has 0 saturated carbocycles. The van der Waals surface area contributed by atoms with Crippen LogP contribution in [0.15, 0.2) is 27.8 Å². The Morgan fingerprint density at radius 2 is 1.69 bits per heavy atom. The summed E-state index contributed by atoms with van der Waals surface area (Å²) in [6.45, 7) is 0. The number of halogens is 2. The lowest BCUT2D eigenvalue weighted by Gasteiger charge is -2.00. The smallest absolute Gasteiger partial charge is 0.246 e. The van der Waals surface area contributed by atoms with Crippen molar-refractivity contribution in [2.24, 2.45) is 7.05 Å². The van der Waals surface area contributed by atoms with Crippen molar-refractivity contribution in [2.75, 3.05) is 0 Å². The number of hydrogen-bond donors (Lipinski definition) is 1. The highest BCUT2D eigenvalue weighted by atomic mass is 35.5. The fraction of sp³-hybridized carbons (Fsp3) is 0.111. The normalized spacial score (nSPS) is 10.7. The van der Waals surface area contributed by atoms with Crippen LogP contribution >= 0.6 is 23.2 Å². The third kappa shape index (κ3) is 1.79. The van der Waals surface area contributed by atoms with Crippen LogP contribution in [0.3, 0.4) is 0 Å². The highest BCUT2D eigenvalue weighted by Gasteiger charge is 2.09. The number of nitrogens with one attached hydrogen (secondary N) is 1. The van der Waals surface area contributed by atoms with Crippen LogP contribution in [-0.2, 0) is 7.05 Å². The summed E-state index contributed by atoms with van der Waals surface area (Å²) in [6, 6.07) is 4.50. The predicted octanol–water partition coefficient (Wildman–Crippen LogP) is 1.17. The lowest BCUT2D eigenvalue weighted by Crippen LogP contribution is -2.26. The summed E-state index contributed by atoms with van der Waals surface area (Å²) >= 11 is 11.6. The van der Waals surface area contributed by atoms with Crippen molar-refractivity contribution in [1.82, 2.24) is 14.3 Å². The number of rotatable bonds is 1. The lowest BCUT2D eigenvalue weighted by molar-refractivity contribution is 0.723. The van der Waals surface area contributed by atoms with Gasteiger partial charge in [0, 0.05) is 17.1 Å². The zero-order chi connectivity index (χ0) is 11.9. The maximum Gasteiger partial charge on any atom is 0.351 e. The van der Waals surface area contributed by atoms with Gasteiger partial charge in [-0.15, -0.1) is 0 Å². The first kappa shape index (κ1) is 11.0. The second-order valence-corrected chi connectivity index (χ2v) is 4.09. The average Bonchev–Trinajstić information content (AvgIpc) is 2.39. The van der Waals surface area contributed by atoms with E-state index in [9.17, 15) is 9.59 Å². The summed E-state index contributed by atoms with van der Waals surface area (Å²) in [4.78, 5) is 23.1. The van der Waals surface area contributed by atoms with Crippen LogP contribution in [0.1, 0.15) is 0 Å². The molecule has 5 nitrogen and oxygen atoms in total. The highest BCUT2D eigenvalue weighted by Crippen LogP contribution is 2.20. The summed E-state index contributed by atoms with van der Waals surface area (Å²) in [5.74, 6) is 0. The van der Waals surface area contributed by atoms with Crippen LogP contribution in [-0.4, -0.2) is 14.3 Å². The van der Waals surface area contributed by atoms with Crippen molar-refractivity contribution in [3.63, 3.8) is 0 Å². The van der Waals surface area contributed by atoms with E-state index >= 15 is 0 Å². The zero-order valence-corrected chi connectivity index (χ0v) is 9.71. The summed E-state index contributed by atoms with van der Waals surface area (Å²) in [5.41, 5.74) is -0.682. The van der Waals surface area contributed by atoms with Gasteiger partial charge < -0.3 is 0 Å². The standard InChI is InChI=1S/C9H7Cl2N3O2/c1-13-9(16)14(8(15)12-13)7-3-5(10)2-6(11)4-7/h2-4H,1H3,(H,12,15). The molecule has 0 saturated heterocycles. The van der Waals surface area contributed by atoms with Crippen LogP contribution in [0.25, 0.3) is 5.69 Å². The Labute approximate surface area is 99.8 Å². The van der Waals surface area contributed by atoms with Crippen LogP contribution in [0, 0.1) is 0 Å². The van der Waals surface area contributed by atoms with Crippen molar-refractivity contribution in [3.8, 4) is 5.69 Å². The predicted molar refractivity (Wildman–Crippen MR) is 61.7 cm³/mol. The number of benzene rings is 1. The van der Waals surface area contributed by atoms with Gasteiger partial charge >= 0.3 is 11.4 Å². The van der Waals surface area contributed by atoms with Gasteiger partial charge in [0.05, 0.1) is 5.69 Å². The molecule has 0 bridgehead atoms. The monoisotopic (exact) mass is 259 g/mol. The molecule has 2 aromatic rings. The number of aromatic nitrogens is 3. The molecule has 84 valence electrons. The second-order valence-electron chi connectivity index (χ2n) is 3.22. The molecular formula is C9H7Cl2N3O2. The molecule has 16 heavy (non-hydrogen) atoms. The Hall–Kier alpha value is -1.46. The van der Waals surface area contributed by atoms with Gasteiger partial charge in [0.1, 0.15) is 0 Å². The molecule has 0 aliphatic heterocycles. The lowest BCUT2D eigenvalue weighted by atomic mass is 10.3. The number of hydrogen-bond acceptors (Lipinski definition) is 2. The molecule has 1 N–H and O–H groups in total. The molecule has 1 aromatic carbocycles. The van der Waals surface area contributed by atoms with E-state index in [0.29, 0.717) is 15.7 Å². The van der Waals surface area contributed by atoms with Crippen molar-refractivity contribution in [3.05, 3.63) is 49.2 Å². The van der Waals surface area contributed by atoms with Gasteiger partial charge in [-0.25, -0.2) is 23.9 Å². The Morgan fingerprint density at radius 3 is 2.12 bits per heavy atom. The average molecular weight is 260 g/mol. The van der Waals surface area contributed by atoms with E-state index < -0.39 is 11.4 Å². The van der Waals surface area contributed by atoms with Crippen molar-refractivity contribution >= 4 is 23.2 Å². The van der Waals surface area contributed by atoms with Crippen LogP contribution < -0.4 is 11.4 Å². The van der Waals surface area contributed by atoms with E-state index in [4.69, 9.17) is 23.2 Å². The topological polar surface area (TPSA) is 59.8 Å². The molecule has 1 heterocycles. The van der Waals surface area contributed by atoms with Gasteiger partial charge in [-0.1, -0.05) is 23.2 Å². The molecule has 7 heteroatoms. The van der Waals surface area contributed by atoms with Crippen molar-refractivity contribution < 1.29 is 0 Å². The number of aromatic amines is 1. The largest absolute Gasteiger partial charge is 0.351 e. The van der Waals surface area contributed by atoms with E-state index in [0.717, 1.165) is 9.25 Å². The molecule has 0 unspecified atom stereocenters. The van der Waals surface area contributed by atoms with Crippen LogP contribution in [0.2, 0.25) is 10.0 Å². The van der Waals surface area contributed by atoms with Crippen molar-refractivity contribution in [1.29, 1.82) is 0 Å². The van der Waals surface area contributed by atoms with Gasteiger partial charge in [-0.2, -0.15) is 0 Å². The number of nitrogens with zero attached hydrogens (tertiary/aromatic N) is 2. The minimum absolute atomic E-state index is 0.337. The first-order valence-corrected chi connectivity index (χ1v) is 5.09. The van der Waals surface area contributed by atoms with Gasteiger partial charge in [0.15, 0.2) is 0 Å². The van der Waals surface area contributed by atoms with Crippen molar-refractivity contribution in [2.45, 2.75) is 0 Å². The summed E-state index contributed by atoms with van der Waals surface area (Å²) in [7, 11) is 1.45. The van der Waals surface area contributed by atoms with Gasteiger partial charge in [0.25, 0.3) is 0 Å². The molecule has 1 aromatic heterocycles. The summed E-state index contributed by atoms with van der Waals surface area (Å²) in [5, 5.41) is 3.06. The highest BCUT2D eigenvalue weighted by molar-refractivity contribution is 6.34. The Bertz CT molecular complexity index is 633. The number of H-pyrrole nitrogens is 1.